The van der Waals surface area contributed by atoms with Crippen molar-refractivity contribution in [3.8, 4) is 0 Å². The molecule has 1 saturated heterocycles. The lowest BCUT2D eigenvalue weighted by Gasteiger charge is -2.39. The molecule has 0 N–H and O–H groups in total. The van der Waals surface area contributed by atoms with E-state index in [0.29, 0.717) is 0 Å². The van der Waals surface area contributed by atoms with E-state index in [4.69, 9.17) is 0 Å². The standard InChI is InChI=1S/C36H63N3O6.3H2/c1-19(2)25-16-28(40)31(22(7)8)38(14)35(44)27(21(5)6)18-30(42)33(24(11)12)39(15)36(45)26(20(3)4)17-29(41)32(23(9)10)37(13)34(25)43;;;/h19-27,31-33H,16-18H2,1-15H3;3*1H/i;3*1+1. The van der Waals surface area contributed by atoms with Crippen molar-refractivity contribution in [2.24, 2.45) is 53.3 Å². The molecular weight excluding hydrogens is 570 g/mol. The van der Waals surface area contributed by atoms with Crippen molar-refractivity contribution in [2.75, 3.05) is 21.1 Å². The van der Waals surface area contributed by atoms with Gasteiger partial charge in [0.25, 0.3) is 0 Å². The van der Waals surface area contributed by atoms with Crippen LogP contribution in [0.25, 0.3) is 0 Å². The highest BCUT2D eigenvalue weighted by atomic mass is 16.2. The predicted molar refractivity (Wildman–Crippen MR) is 184 cm³/mol. The molecule has 0 bridgehead atoms. The minimum absolute atomic E-state index is 0. The molecule has 264 valence electrons. The molecule has 9 nitrogen and oxygen atoms in total. The lowest BCUT2D eigenvalue weighted by atomic mass is 9.81. The summed E-state index contributed by atoms with van der Waals surface area (Å²) in [6.45, 7) is 22.6. The van der Waals surface area contributed by atoms with Crippen LogP contribution in [-0.4, -0.2) is 89.0 Å². The molecule has 0 aromatic rings. The van der Waals surface area contributed by atoms with Gasteiger partial charge in [-0.3, -0.25) is 28.8 Å². The Bertz CT molecular complexity index is 962. The Morgan fingerprint density at radius 3 is 0.711 bits per heavy atom. The van der Waals surface area contributed by atoms with E-state index in [1.807, 2.05) is 83.1 Å². The van der Waals surface area contributed by atoms with Gasteiger partial charge in [-0.05, 0) is 35.5 Å². The first kappa shape index (κ1) is 40.4. The van der Waals surface area contributed by atoms with Crippen LogP contribution >= 0.6 is 0 Å². The predicted octanol–water partition coefficient (Wildman–Crippen LogP) is 5.88. The van der Waals surface area contributed by atoms with E-state index >= 15 is 0 Å². The van der Waals surface area contributed by atoms with Gasteiger partial charge in [0, 0.05) is 62.4 Å². The van der Waals surface area contributed by atoms with Crippen LogP contribution in [0.2, 0.25) is 0 Å². The monoisotopic (exact) mass is 643 g/mol. The summed E-state index contributed by atoms with van der Waals surface area (Å²) < 4.78 is 0. The van der Waals surface area contributed by atoms with E-state index in [-0.39, 0.29) is 94.1 Å². The molecular formula is C36H69N3O6. The first-order chi connectivity index (χ1) is 20.6. The van der Waals surface area contributed by atoms with E-state index in [2.05, 4.69) is 0 Å². The number of ketones is 3. The van der Waals surface area contributed by atoms with Gasteiger partial charge in [-0.15, -0.1) is 0 Å². The summed E-state index contributed by atoms with van der Waals surface area (Å²) in [5.41, 5.74) is 0. The molecule has 1 aliphatic heterocycles. The molecule has 6 unspecified atom stereocenters. The fourth-order valence-electron chi connectivity index (χ4n) is 7.14. The van der Waals surface area contributed by atoms with E-state index in [1.54, 1.807) is 21.1 Å². The fourth-order valence-corrected chi connectivity index (χ4v) is 7.14. The number of hydrogen-bond donors (Lipinski definition) is 0. The zero-order valence-corrected chi connectivity index (χ0v) is 30.8. The summed E-state index contributed by atoms with van der Waals surface area (Å²) in [5, 5.41) is 0. The molecule has 1 aliphatic rings. The van der Waals surface area contributed by atoms with Gasteiger partial charge < -0.3 is 14.7 Å². The topological polar surface area (TPSA) is 112 Å². The third-order valence-electron chi connectivity index (χ3n) is 9.81. The van der Waals surface area contributed by atoms with Crippen molar-refractivity contribution in [3.05, 3.63) is 0 Å². The Kier molecular flexibility index (Phi) is 15.1. The van der Waals surface area contributed by atoms with Crippen LogP contribution in [0.1, 0.15) is 107 Å². The van der Waals surface area contributed by atoms with E-state index < -0.39 is 35.9 Å². The van der Waals surface area contributed by atoms with E-state index in [1.165, 1.54) is 14.7 Å². The normalized spacial score (nSPS) is 28.1. The second-order valence-electron chi connectivity index (χ2n) is 15.5. The first-order valence-corrected chi connectivity index (χ1v) is 17.0. The molecule has 0 spiro atoms. The molecule has 9 heteroatoms. The van der Waals surface area contributed by atoms with Gasteiger partial charge in [-0.25, -0.2) is 0 Å². The van der Waals surface area contributed by atoms with Crippen LogP contribution in [-0.2, 0) is 28.8 Å². The molecule has 1 heterocycles. The maximum absolute atomic E-state index is 14.1. The maximum Gasteiger partial charge on any atom is 0.226 e. The molecule has 0 saturated carbocycles. The number of carbonyl (C=O) groups excluding carboxylic acids is 6. The van der Waals surface area contributed by atoms with Gasteiger partial charge in [0.1, 0.15) is 0 Å². The van der Waals surface area contributed by atoms with Crippen LogP contribution in [0.4, 0.5) is 0 Å². The van der Waals surface area contributed by atoms with E-state index in [9.17, 15) is 28.8 Å². The zero-order chi connectivity index (χ0) is 35.2. The molecule has 0 aromatic heterocycles. The average Bonchev–Trinajstić information content (AvgIpc) is 2.90. The van der Waals surface area contributed by atoms with Crippen molar-refractivity contribution in [3.63, 3.8) is 0 Å². The highest BCUT2D eigenvalue weighted by Crippen LogP contribution is 2.30. The van der Waals surface area contributed by atoms with Crippen molar-refractivity contribution in [2.45, 2.75) is 120 Å². The average molecular weight is 643 g/mol. The second-order valence-corrected chi connectivity index (χ2v) is 15.5. The lowest BCUT2D eigenvalue weighted by molar-refractivity contribution is -0.151. The lowest BCUT2D eigenvalue weighted by Crippen LogP contribution is -2.54. The van der Waals surface area contributed by atoms with E-state index in [0.717, 1.165) is 0 Å². The Hall–Kier alpha value is -2.58. The van der Waals surface area contributed by atoms with Crippen LogP contribution in [0.15, 0.2) is 0 Å². The van der Waals surface area contributed by atoms with Gasteiger partial charge in [-0.2, -0.15) is 0 Å². The minimum atomic E-state index is -0.786. The Morgan fingerprint density at radius 1 is 0.400 bits per heavy atom. The number of rotatable bonds is 6. The zero-order valence-electron chi connectivity index (χ0n) is 30.8. The van der Waals surface area contributed by atoms with Gasteiger partial charge in [0.05, 0.1) is 18.1 Å². The summed E-state index contributed by atoms with van der Waals surface area (Å²) in [6, 6.07) is -2.36. The van der Waals surface area contributed by atoms with Crippen LogP contribution in [0.3, 0.4) is 0 Å². The molecule has 0 radical (unpaired) electrons. The third kappa shape index (κ3) is 9.71. The van der Waals surface area contributed by atoms with Gasteiger partial charge in [-0.1, -0.05) is 83.1 Å². The second kappa shape index (κ2) is 16.8. The number of amides is 3. The van der Waals surface area contributed by atoms with Crippen LogP contribution in [0.5, 0.6) is 0 Å². The van der Waals surface area contributed by atoms with Crippen molar-refractivity contribution >= 4 is 35.1 Å². The molecule has 0 aromatic carbocycles. The molecule has 3 amide bonds. The smallest absolute Gasteiger partial charge is 0.226 e. The fraction of sp³-hybridized carbons (Fsp3) is 0.833. The minimum Gasteiger partial charge on any atom is -0.335 e. The molecule has 6 atom stereocenters. The van der Waals surface area contributed by atoms with Gasteiger partial charge >= 0.3 is 0 Å². The Labute approximate surface area is 277 Å². The summed E-state index contributed by atoms with van der Waals surface area (Å²) in [4.78, 5) is 88.6. The summed E-state index contributed by atoms with van der Waals surface area (Å²) in [7, 11) is 4.83. The largest absolute Gasteiger partial charge is 0.335 e. The van der Waals surface area contributed by atoms with Crippen molar-refractivity contribution in [1.29, 1.82) is 0 Å². The number of carbonyl (C=O) groups is 6. The first-order valence-electron chi connectivity index (χ1n) is 17.0. The highest BCUT2D eigenvalue weighted by molar-refractivity contribution is 5.98. The van der Waals surface area contributed by atoms with Gasteiger partial charge in [0.15, 0.2) is 17.3 Å². The van der Waals surface area contributed by atoms with Crippen molar-refractivity contribution in [1.82, 2.24) is 14.7 Å². The molecule has 45 heavy (non-hydrogen) atoms. The Morgan fingerprint density at radius 2 is 0.578 bits per heavy atom. The highest BCUT2D eigenvalue weighted by Gasteiger charge is 2.43. The van der Waals surface area contributed by atoms with Gasteiger partial charge in [0.2, 0.25) is 17.7 Å². The van der Waals surface area contributed by atoms with Crippen LogP contribution in [0, 0.1) is 53.3 Å². The Balaban J connectivity index is -0.00000675. The third-order valence-corrected chi connectivity index (χ3v) is 9.81. The maximum atomic E-state index is 14.1. The number of Topliss-reactive ketones (excluding diaryl/α,β-unsaturated/α-hetero) is 3. The van der Waals surface area contributed by atoms with Crippen molar-refractivity contribution < 1.29 is 33.0 Å². The quantitative estimate of drug-likeness (QED) is 0.358. The summed E-state index contributed by atoms with van der Waals surface area (Å²) >= 11 is 0. The SMILES string of the molecule is CC(C)C1CC(=O)C(C(C)C)N(C)C(=O)C(C(C)C)CC(=O)C(C(C)C)N(C)C(=O)C(C(C)C)CC(=O)C(C(C)C)N(C)C1=O.[2HH].[2HH].[2HH]. The molecule has 0 aliphatic carbocycles. The summed E-state index contributed by atoms with van der Waals surface area (Å²) in [6.07, 6.45) is -0.212. The molecule has 1 rings (SSSR count). The van der Waals surface area contributed by atoms with Crippen LogP contribution < -0.4 is 0 Å². The number of likely N-dealkylation sites (N-methyl/N-ethyl adjacent to an activating group) is 3. The number of nitrogens with zero attached hydrogens (tertiary/aromatic N) is 3. The summed E-state index contributed by atoms with van der Waals surface area (Å²) in [5.74, 6) is -4.87. The molecule has 1 fully saturated rings. The number of hydrogen-bond acceptors (Lipinski definition) is 6.